The lowest BCUT2D eigenvalue weighted by molar-refractivity contribution is -0.0970. The van der Waals surface area contributed by atoms with Crippen molar-refractivity contribution in [2.75, 3.05) is 0 Å². The van der Waals surface area contributed by atoms with Crippen molar-refractivity contribution in [1.29, 1.82) is 0 Å². The Morgan fingerprint density at radius 2 is 1.72 bits per heavy atom. The minimum absolute atomic E-state index is 0.200. The summed E-state index contributed by atoms with van der Waals surface area (Å²) in [5.41, 5.74) is 1.99. The smallest absolute Gasteiger partial charge is 0.0757 e. The molecule has 3 fully saturated rings. The van der Waals surface area contributed by atoms with E-state index >= 15 is 0 Å². The first kappa shape index (κ1) is 21.9. The van der Waals surface area contributed by atoms with E-state index in [0.29, 0.717) is 23.2 Å². The van der Waals surface area contributed by atoms with Crippen molar-refractivity contribution in [2.24, 2.45) is 46.3 Å². The van der Waals surface area contributed by atoms with E-state index in [4.69, 9.17) is 0 Å². The van der Waals surface area contributed by atoms with Gasteiger partial charge in [-0.2, -0.15) is 0 Å². The van der Waals surface area contributed by atoms with Gasteiger partial charge in [0.15, 0.2) is 0 Å². The first-order valence-corrected chi connectivity index (χ1v) is 12.7. The first-order valence-electron chi connectivity index (χ1n) is 12.7. The van der Waals surface area contributed by atoms with Gasteiger partial charge in [0, 0.05) is 0 Å². The summed E-state index contributed by atoms with van der Waals surface area (Å²) in [5, 5.41) is 21.5. The number of aliphatic hydroxyl groups excluding tert-OH is 2. The summed E-state index contributed by atoms with van der Waals surface area (Å²) in [6.07, 6.45) is 13.9. The topological polar surface area (TPSA) is 40.5 Å². The lowest BCUT2D eigenvalue weighted by Crippen LogP contribution is -2.54. The van der Waals surface area contributed by atoms with Crippen LogP contribution in [0.25, 0.3) is 0 Å². The molecule has 29 heavy (non-hydrogen) atoms. The van der Waals surface area contributed by atoms with Crippen LogP contribution in [-0.4, -0.2) is 22.4 Å². The van der Waals surface area contributed by atoms with Crippen LogP contribution in [0.3, 0.4) is 0 Å². The Morgan fingerprint density at radius 1 is 0.966 bits per heavy atom. The molecule has 166 valence electrons. The second-order valence-electron chi connectivity index (χ2n) is 12.3. The Hall–Kier alpha value is -0.340. The number of hydrogen-bond donors (Lipinski definition) is 2. The van der Waals surface area contributed by atoms with Crippen LogP contribution >= 0.6 is 0 Å². The van der Waals surface area contributed by atoms with Crippen LogP contribution in [0.5, 0.6) is 0 Å². The number of aliphatic hydroxyl groups is 2. The van der Waals surface area contributed by atoms with E-state index in [1.54, 1.807) is 0 Å². The van der Waals surface area contributed by atoms with Gasteiger partial charge in [0.2, 0.25) is 0 Å². The molecule has 0 bridgehead atoms. The van der Waals surface area contributed by atoms with Gasteiger partial charge in [-0.1, -0.05) is 65.5 Å². The maximum absolute atomic E-state index is 11.3. The van der Waals surface area contributed by atoms with Crippen molar-refractivity contribution >= 4 is 0 Å². The van der Waals surface area contributed by atoms with Gasteiger partial charge in [-0.3, -0.25) is 0 Å². The summed E-state index contributed by atoms with van der Waals surface area (Å²) in [7, 11) is 0. The molecule has 0 saturated heterocycles. The third-order valence-corrected chi connectivity index (χ3v) is 10.3. The fourth-order valence-corrected chi connectivity index (χ4v) is 8.65. The fraction of sp³-hybridized carbons (Fsp3) is 0.926. The molecule has 0 heterocycles. The monoisotopic (exact) mass is 402 g/mol. The van der Waals surface area contributed by atoms with E-state index in [-0.39, 0.29) is 17.6 Å². The van der Waals surface area contributed by atoms with Gasteiger partial charge in [0.1, 0.15) is 0 Å². The van der Waals surface area contributed by atoms with Crippen LogP contribution in [0.1, 0.15) is 98.8 Å². The zero-order chi connectivity index (χ0) is 21.0. The highest BCUT2D eigenvalue weighted by molar-refractivity contribution is 5.27. The van der Waals surface area contributed by atoms with E-state index in [9.17, 15) is 10.2 Å². The Balaban J connectivity index is 1.54. The SMILES string of the molecule is CC(C)CCCC(C)C1CCC2C3C(CC[C@]12C)[C@@]1(C)CC[C@H](O)CC1=C[C@@H]3O. The second-order valence-corrected chi connectivity index (χ2v) is 12.3. The Bertz CT molecular complexity index is 624. The maximum atomic E-state index is 11.3. The van der Waals surface area contributed by atoms with Crippen LogP contribution in [0.4, 0.5) is 0 Å². The van der Waals surface area contributed by atoms with Crippen LogP contribution < -0.4 is 0 Å². The molecule has 0 aromatic heterocycles. The first-order chi connectivity index (χ1) is 13.7. The molecule has 4 aliphatic carbocycles. The van der Waals surface area contributed by atoms with Crippen LogP contribution in [0.2, 0.25) is 0 Å². The molecule has 0 radical (unpaired) electrons. The molecule has 2 heteroatoms. The highest BCUT2D eigenvalue weighted by atomic mass is 16.3. The number of hydrogen-bond acceptors (Lipinski definition) is 2. The summed E-state index contributed by atoms with van der Waals surface area (Å²) >= 11 is 0. The zero-order valence-corrected chi connectivity index (χ0v) is 19.7. The zero-order valence-electron chi connectivity index (χ0n) is 19.7. The predicted molar refractivity (Wildman–Crippen MR) is 120 cm³/mol. The molecule has 0 aromatic carbocycles. The predicted octanol–water partition coefficient (Wildman–Crippen LogP) is 6.36. The van der Waals surface area contributed by atoms with E-state index in [1.165, 1.54) is 50.5 Å². The molecule has 0 spiro atoms. The Kier molecular flexibility index (Phi) is 6.01. The molecule has 4 aliphatic rings. The van der Waals surface area contributed by atoms with E-state index < -0.39 is 0 Å². The second kappa shape index (κ2) is 7.97. The summed E-state index contributed by atoms with van der Waals surface area (Å²) in [4.78, 5) is 0. The standard InChI is InChI=1S/C27H46O2/c1-17(2)7-6-8-18(3)21-9-10-22-25-23(12-14-27(21,22)5)26(4)13-11-20(28)15-19(26)16-24(25)29/h16-18,20-25,28-29H,6-15H2,1-5H3/t18?,20-,21?,22?,23?,24-,25?,26-,27+/m0/s1. The highest BCUT2D eigenvalue weighted by Gasteiger charge is 2.61. The molecule has 5 unspecified atom stereocenters. The normalized spacial score (nSPS) is 47.9. The molecule has 0 aromatic rings. The largest absolute Gasteiger partial charge is 0.393 e. The van der Waals surface area contributed by atoms with Gasteiger partial charge in [0.25, 0.3) is 0 Å². The van der Waals surface area contributed by atoms with Gasteiger partial charge < -0.3 is 10.2 Å². The average Bonchev–Trinajstić information content (AvgIpc) is 3.00. The van der Waals surface area contributed by atoms with Gasteiger partial charge in [0.05, 0.1) is 12.2 Å². The molecule has 2 nitrogen and oxygen atoms in total. The van der Waals surface area contributed by atoms with E-state index in [0.717, 1.165) is 37.0 Å². The van der Waals surface area contributed by atoms with Crippen molar-refractivity contribution in [3.05, 3.63) is 11.6 Å². The van der Waals surface area contributed by atoms with Crippen molar-refractivity contribution in [3.8, 4) is 0 Å². The molecular weight excluding hydrogens is 356 g/mol. The average molecular weight is 403 g/mol. The quantitative estimate of drug-likeness (QED) is 0.525. The third-order valence-electron chi connectivity index (χ3n) is 10.3. The maximum Gasteiger partial charge on any atom is 0.0757 e. The summed E-state index contributed by atoms with van der Waals surface area (Å²) in [6, 6.07) is 0. The van der Waals surface area contributed by atoms with Crippen molar-refractivity contribution in [2.45, 2.75) is 111 Å². The minimum atomic E-state index is -0.298. The third kappa shape index (κ3) is 3.65. The number of fused-ring (bicyclic) bond motifs is 5. The summed E-state index contributed by atoms with van der Waals surface area (Å²) in [5.74, 6) is 4.18. The lowest BCUT2D eigenvalue weighted by atomic mass is 9.46. The van der Waals surface area contributed by atoms with Crippen molar-refractivity contribution in [3.63, 3.8) is 0 Å². The fourth-order valence-electron chi connectivity index (χ4n) is 8.65. The van der Waals surface area contributed by atoms with E-state index in [2.05, 4.69) is 40.7 Å². The van der Waals surface area contributed by atoms with Gasteiger partial charge >= 0.3 is 0 Å². The van der Waals surface area contributed by atoms with Crippen molar-refractivity contribution < 1.29 is 10.2 Å². The molecule has 3 saturated carbocycles. The van der Waals surface area contributed by atoms with Gasteiger partial charge in [-0.25, -0.2) is 0 Å². The van der Waals surface area contributed by atoms with Gasteiger partial charge in [-0.15, -0.1) is 0 Å². The Morgan fingerprint density at radius 3 is 2.45 bits per heavy atom. The molecular formula is C27H46O2. The van der Waals surface area contributed by atoms with E-state index in [1.807, 2.05) is 0 Å². The van der Waals surface area contributed by atoms with Crippen LogP contribution in [0.15, 0.2) is 11.6 Å². The molecule has 9 atom stereocenters. The summed E-state index contributed by atoms with van der Waals surface area (Å²) < 4.78 is 0. The van der Waals surface area contributed by atoms with Crippen molar-refractivity contribution in [1.82, 2.24) is 0 Å². The molecule has 4 rings (SSSR count). The van der Waals surface area contributed by atoms with Gasteiger partial charge in [-0.05, 0) is 91.3 Å². The number of rotatable bonds is 5. The minimum Gasteiger partial charge on any atom is -0.393 e. The summed E-state index contributed by atoms with van der Waals surface area (Å²) in [6.45, 7) is 12.2. The molecule has 2 N–H and O–H groups in total. The lowest BCUT2D eigenvalue weighted by Gasteiger charge is -2.59. The van der Waals surface area contributed by atoms with Crippen LogP contribution in [0, 0.1) is 46.3 Å². The molecule has 0 aliphatic heterocycles. The highest BCUT2D eigenvalue weighted by Crippen LogP contribution is 2.67. The molecule has 0 amide bonds. The van der Waals surface area contributed by atoms with Crippen LogP contribution in [-0.2, 0) is 0 Å². The Labute approximate surface area is 179 Å².